The SMILES string of the molecule is COc1ccc(Cl)cc1C(=O)Nc1ccn(Cc2ccc(Cl)cc2Cl)n1. The van der Waals surface area contributed by atoms with Gasteiger partial charge in [-0.2, -0.15) is 5.10 Å². The molecule has 3 aromatic rings. The minimum Gasteiger partial charge on any atom is -0.496 e. The van der Waals surface area contributed by atoms with E-state index in [-0.39, 0.29) is 5.91 Å². The maximum atomic E-state index is 12.5. The molecule has 0 radical (unpaired) electrons. The predicted molar refractivity (Wildman–Crippen MR) is 104 cm³/mol. The van der Waals surface area contributed by atoms with Gasteiger partial charge in [0.15, 0.2) is 5.82 Å². The van der Waals surface area contributed by atoms with Gasteiger partial charge in [-0.15, -0.1) is 0 Å². The summed E-state index contributed by atoms with van der Waals surface area (Å²) >= 11 is 18.0. The summed E-state index contributed by atoms with van der Waals surface area (Å²) in [5.41, 5.74) is 1.20. The standard InChI is InChI=1S/C18H14Cl3N3O2/c1-26-16-5-4-12(19)8-14(16)18(25)22-17-6-7-24(23-17)10-11-2-3-13(20)9-15(11)21/h2-9H,10H2,1H3,(H,22,23,25). The molecule has 1 aromatic heterocycles. The summed E-state index contributed by atoms with van der Waals surface area (Å²) in [5, 5.41) is 8.63. The van der Waals surface area contributed by atoms with Gasteiger partial charge in [0, 0.05) is 27.3 Å². The van der Waals surface area contributed by atoms with E-state index in [1.807, 2.05) is 6.07 Å². The number of rotatable bonds is 5. The number of benzene rings is 2. The number of ether oxygens (including phenoxy) is 1. The van der Waals surface area contributed by atoms with E-state index in [4.69, 9.17) is 39.5 Å². The number of nitrogens with zero attached hydrogens (tertiary/aromatic N) is 2. The van der Waals surface area contributed by atoms with Crippen molar-refractivity contribution in [3.8, 4) is 5.75 Å². The van der Waals surface area contributed by atoms with Crippen LogP contribution in [0.4, 0.5) is 5.82 Å². The van der Waals surface area contributed by atoms with Crippen LogP contribution in [0.3, 0.4) is 0 Å². The zero-order chi connectivity index (χ0) is 18.7. The van der Waals surface area contributed by atoms with Crippen LogP contribution in [0.2, 0.25) is 15.1 Å². The van der Waals surface area contributed by atoms with Gasteiger partial charge in [0.1, 0.15) is 5.75 Å². The highest BCUT2D eigenvalue weighted by Gasteiger charge is 2.14. The van der Waals surface area contributed by atoms with Crippen LogP contribution in [0.15, 0.2) is 48.7 Å². The third-order valence-corrected chi connectivity index (χ3v) is 4.46. The Hall–Kier alpha value is -2.21. The van der Waals surface area contributed by atoms with Gasteiger partial charge in [0.25, 0.3) is 5.91 Å². The van der Waals surface area contributed by atoms with E-state index in [1.165, 1.54) is 7.11 Å². The quantitative estimate of drug-likeness (QED) is 0.632. The number of halogens is 3. The molecule has 1 heterocycles. The molecule has 1 amide bonds. The van der Waals surface area contributed by atoms with E-state index in [0.29, 0.717) is 38.7 Å². The third kappa shape index (κ3) is 4.30. The average molecular weight is 411 g/mol. The van der Waals surface area contributed by atoms with E-state index in [1.54, 1.807) is 47.3 Å². The Kier molecular flexibility index (Phi) is 5.71. The Balaban J connectivity index is 1.74. The van der Waals surface area contributed by atoms with Crippen molar-refractivity contribution in [1.82, 2.24) is 9.78 Å². The van der Waals surface area contributed by atoms with Crippen LogP contribution in [-0.4, -0.2) is 22.8 Å². The molecule has 0 spiro atoms. The number of methoxy groups -OCH3 is 1. The zero-order valence-electron chi connectivity index (χ0n) is 13.7. The molecule has 0 atom stereocenters. The average Bonchev–Trinajstić information content (AvgIpc) is 3.04. The van der Waals surface area contributed by atoms with Crippen molar-refractivity contribution in [2.45, 2.75) is 6.54 Å². The molecule has 2 aromatic carbocycles. The van der Waals surface area contributed by atoms with Gasteiger partial charge in [-0.3, -0.25) is 9.48 Å². The first-order chi connectivity index (χ1) is 12.5. The molecule has 0 bridgehead atoms. The van der Waals surface area contributed by atoms with Crippen molar-refractivity contribution >= 4 is 46.5 Å². The lowest BCUT2D eigenvalue weighted by Crippen LogP contribution is -2.14. The van der Waals surface area contributed by atoms with Crippen LogP contribution >= 0.6 is 34.8 Å². The van der Waals surface area contributed by atoms with Crippen molar-refractivity contribution in [2.24, 2.45) is 0 Å². The van der Waals surface area contributed by atoms with Gasteiger partial charge >= 0.3 is 0 Å². The Labute approximate surface area is 165 Å². The van der Waals surface area contributed by atoms with Crippen LogP contribution in [-0.2, 0) is 6.54 Å². The Bertz CT molecular complexity index is 957. The highest BCUT2D eigenvalue weighted by atomic mass is 35.5. The maximum Gasteiger partial charge on any atom is 0.260 e. The van der Waals surface area contributed by atoms with Gasteiger partial charge < -0.3 is 10.1 Å². The molecule has 0 saturated heterocycles. The van der Waals surface area contributed by atoms with Gasteiger partial charge in [-0.25, -0.2) is 0 Å². The normalized spacial score (nSPS) is 10.6. The molecule has 0 fully saturated rings. The number of amides is 1. The van der Waals surface area contributed by atoms with Gasteiger partial charge in [0.2, 0.25) is 0 Å². The second-order valence-electron chi connectivity index (χ2n) is 5.43. The fourth-order valence-corrected chi connectivity index (χ4v) is 3.02. The van der Waals surface area contributed by atoms with E-state index in [2.05, 4.69) is 10.4 Å². The molecule has 134 valence electrons. The van der Waals surface area contributed by atoms with E-state index in [9.17, 15) is 4.79 Å². The van der Waals surface area contributed by atoms with Crippen molar-refractivity contribution in [3.63, 3.8) is 0 Å². The van der Waals surface area contributed by atoms with Gasteiger partial charge in [0.05, 0.1) is 19.2 Å². The van der Waals surface area contributed by atoms with Crippen LogP contribution < -0.4 is 10.1 Å². The topological polar surface area (TPSA) is 56.1 Å². The molecule has 0 aliphatic carbocycles. The molecule has 26 heavy (non-hydrogen) atoms. The molecule has 0 aliphatic rings. The van der Waals surface area contributed by atoms with E-state index in [0.717, 1.165) is 5.56 Å². The number of anilines is 1. The lowest BCUT2D eigenvalue weighted by molar-refractivity contribution is 0.102. The minimum absolute atomic E-state index is 0.329. The Morgan fingerprint density at radius 2 is 1.85 bits per heavy atom. The van der Waals surface area contributed by atoms with Crippen molar-refractivity contribution in [1.29, 1.82) is 0 Å². The van der Waals surface area contributed by atoms with Crippen LogP contribution in [0, 0.1) is 0 Å². The van der Waals surface area contributed by atoms with E-state index < -0.39 is 0 Å². The van der Waals surface area contributed by atoms with Gasteiger partial charge in [-0.1, -0.05) is 40.9 Å². The highest BCUT2D eigenvalue weighted by Crippen LogP contribution is 2.24. The summed E-state index contributed by atoms with van der Waals surface area (Å²) in [6, 6.07) is 11.8. The first-order valence-corrected chi connectivity index (χ1v) is 8.72. The molecule has 1 N–H and O–H groups in total. The number of hydrogen-bond donors (Lipinski definition) is 1. The summed E-state index contributed by atoms with van der Waals surface area (Å²) in [6.45, 7) is 0.451. The molecule has 5 nitrogen and oxygen atoms in total. The number of nitrogens with one attached hydrogen (secondary N) is 1. The maximum absolute atomic E-state index is 12.5. The van der Waals surface area contributed by atoms with Gasteiger partial charge in [-0.05, 0) is 35.9 Å². The summed E-state index contributed by atoms with van der Waals surface area (Å²) in [7, 11) is 1.49. The minimum atomic E-state index is -0.362. The summed E-state index contributed by atoms with van der Waals surface area (Å²) in [5.74, 6) is 0.473. The number of carbonyl (C=O) groups is 1. The van der Waals surface area contributed by atoms with Crippen LogP contribution in [0.1, 0.15) is 15.9 Å². The highest BCUT2D eigenvalue weighted by molar-refractivity contribution is 6.35. The summed E-state index contributed by atoms with van der Waals surface area (Å²) < 4.78 is 6.86. The number of aromatic nitrogens is 2. The zero-order valence-corrected chi connectivity index (χ0v) is 15.9. The fraction of sp³-hybridized carbons (Fsp3) is 0.111. The molecule has 8 heteroatoms. The first kappa shape index (κ1) is 18.6. The molecule has 0 unspecified atom stereocenters. The predicted octanol–water partition coefficient (Wildman–Crippen LogP) is 5.15. The second kappa shape index (κ2) is 7.99. The van der Waals surface area contributed by atoms with Crippen LogP contribution in [0.5, 0.6) is 5.75 Å². The fourth-order valence-electron chi connectivity index (χ4n) is 2.38. The Morgan fingerprint density at radius 3 is 2.58 bits per heavy atom. The van der Waals surface area contributed by atoms with Crippen molar-refractivity contribution < 1.29 is 9.53 Å². The molecule has 0 saturated carbocycles. The smallest absolute Gasteiger partial charge is 0.260 e. The molecule has 0 aliphatic heterocycles. The molecular formula is C18H14Cl3N3O2. The van der Waals surface area contributed by atoms with Crippen LogP contribution in [0.25, 0.3) is 0 Å². The first-order valence-electron chi connectivity index (χ1n) is 7.58. The van der Waals surface area contributed by atoms with Crippen molar-refractivity contribution in [3.05, 3.63) is 74.9 Å². The molecule has 3 rings (SSSR count). The monoisotopic (exact) mass is 409 g/mol. The molecular weight excluding hydrogens is 397 g/mol. The lowest BCUT2D eigenvalue weighted by atomic mass is 10.2. The van der Waals surface area contributed by atoms with Crippen molar-refractivity contribution in [2.75, 3.05) is 12.4 Å². The summed E-state index contributed by atoms with van der Waals surface area (Å²) in [6.07, 6.45) is 1.75. The lowest BCUT2D eigenvalue weighted by Gasteiger charge is -2.08. The number of carbonyl (C=O) groups excluding carboxylic acids is 1. The Morgan fingerprint density at radius 1 is 1.12 bits per heavy atom. The largest absolute Gasteiger partial charge is 0.496 e. The number of hydrogen-bond acceptors (Lipinski definition) is 3. The summed E-state index contributed by atoms with van der Waals surface area (Å²) in [4.78, 5) is 12.5. The van der Waals surface area contributed by atoms with E-state index >= 15 is 0 Å². The third-order valence-electron chi connectivity index (χ3n) is 3.64. The second-order valence-corrected chi connectivity index (χ2v) is 6.71.